The molecule has 3 rings (SSSR count). The molecule has 2 aromatic carbocycles. The smallest absolute Gasteiger partial charge is 0.147 e. The van der Waals surface area contributed by atoms with E-state index in [0.29, 0.717) is 23.7 Å². The molecule has 4 heteroatoms. The molecule has 0 aromatic heterocycles. The Morgan fingerprint density at radius 3 is 1.06 bits per heavy atom. The number of halogens is 1. The fraction of sp³-hybridized carbons (Fsp3) is 0.481. The normalized spacial score (nSPS) is 14.5. The molecule has 0 amide bonds. The van der Waals surface area contributed by atoms with Gasteiger partial charge in [0.15, 0.2) is 0 Å². The second kappa shape index (κ2) is 10.5. The van der Waals surface area contributed by atoms with Gasteiger partial charge in [0.25, 0.3) is 0 Å². The van der Waals surface area contributed by atoms with Crippen LogP contribution in [0.3, 0.4) is 0 Å². The van der Waals surface area contributed by atoms with Crippen LogP contribution < -0.4 is 9.80 Å². The summed E-state index contributed by atoms with van der Waals surface area (Å²) in [6.07, 6.45) is 4.36. The second-order valence-electron chi connectivity index (χ2n) is 9.57. The topological polar surface area (TPSA) is 6.48 Å². The number of nitrogens with zero attached hydrogens (tertiary/aromatic N) is 2. The van der Waals surface area contributed by atoms with E-state index < -0.39 is 0 Å². The molecule has 0 saturated heterocycles. The van der Waals surface area contributed by atoms with Gasteiger partial charge in [-0.1, -0.05) is 0 Å². The van der Waals surface area contributed by atoms with Crippen molar-refractivity contribution < 1.29 is 16.0 Å². The SMILES string of the molecule is CC(C)c1cccc(C(C)C)c1N1C=CN(c2c(C(C)C)cccc2C(C)C)[CH]1[Cu].Cl. The van der Waals surface area contributed by atoms with Gasteiger partial charge in [0.05, 0.1) is 0 Å². The number of rotatable bonds is 6. The van der Waals surface area contributed by atoms with Gasteiger partial charge in [0, 0.05) is 0 Å². The molecule has 0 atom stereocenters. The van der Waals surface area contributed by atoms with Crippen LogP contribution in [0.1, 0.15) is 101 Å². The van der Waals surface area contributed by atoms with Crippen LogP contribution in [-0.4, -0.2) is 5.06 Å². The predicted octanol–water partition coefficient (Wildman–Crippen LogP) is 8.23. The number of anilines is 2. The summed E-state index contributed by atoms with van der Waals surface area (Å²) >= 11 is 6.38. The Morgan fingerprint density at radius 1 is 0.581 bits per heavy atom. The van der Waals surface area contributed by atoms with Crippen molar-refractivity contribution >= 4 is 23.8 Å². The molecule has 0 N–H and O–H groups in total. The minimum Gasteiger partial charge on any atom is -0.147 e. The molecule has 0 unspecified atom stereocenters. The fourth-order valence-electron chi connectivity index (χ4n) is 4.37. The number of hydrogen-bond acceptors (Lipinski definition) is 2. The van der Waals surface area contributed by atoms with Gasteiger partial charge in [0.1, 0.15) is 0 Å². The molecule has 0 bridgehead atoms. The van der Waals surface area contributed by atoms with Crippen LogP contribution in [0.15, 0.2) is 48.8 Å². The molecule has 0 saturated carbocycles. The van der Waals surface area contributed by atoms with Crippen molar-refractivity contribution in [2.75, 3.05) is 9.80 Å². The zero-order chi connectivity index (χ0) is 22.2. The molecule has 0 radical (unpaired) electrons. The van der Waals surface area contributed by atoms with Crippen molar-refractivity contribution in [3.8, 4) is 0 Å². The fourth-order valence-corrected chi connectivity index (χ4v) is 4.77. The van der Waals surface area contributed by atoms with Gasteiger partial charge in [0.2, 0.25) is 0 Å². The molecule has 0 spiro atoms. The summed E-state index contributed by atoms with van der Waals surface area (Å²) in [5.41, 5.74) is 8.01. The molecule has 2 nitrogen and oxygen atoms in total. The zero-order valence-corrected chi connectivity index (χ0v) is 21.9. The maximum atomic E-state index is 6.38. The van der Waals surface area contributed by atoms with Crippen molar-refractivity contribution in [1.82, 2.24) is 0 Å². The van der Waals surface area contributed by atoms with Crippen molar-refractivity contribution in [2.45, 2.75) is 84.1 Å². The number of benzene rings is 2. The molecule has 0 aliphatic carbocycles. The van der Waals surface area contributed by atoms with Gasteiger partial charge in [-0.05, 0) is 0 Å². The van der Waals surface area contributed by atoms with Crippen LogP contribution in [0, 0.1) is 0 Å². The minimum atomic E-state index is -0.202. The first-order valence-electron chi connectivity index (χ1n) is 11.2. The summed E-state index contributed by atoms with van der Waals surface area (Å²) < 4.78 is 0. The quantitative estimate of drug-likeness (QED) is 0.377. The molecule has 31 heavy (non-hydrogen) atoms. The molecule has 1 aliphatic rings. The van der Waals surface area contributed by atoms with Crippen molar-refractivity contribution in [3.63, 3.8) is 0 Å². The van der Waals surface area contributed by atoms with Gasteiger partial charge in [-0.3, -0.25) is 0 Å². The first-order chi connectivity index (χ1) is 14.1. The van der Waals surface area contributed by atoms with Crippen molar-refractivity contribution in [2.24, 2.45) is 0 Å². The van der Waals surface area contributed by atoms with Gasteiger partial charge < -0.3 is 0 Å². The van der Waals surface area contributed by atoms with Crippen LogP contribution in [0.2, 0.25) is 0 Å². The maximum absolute atomic E-state index is 6.38. The summed E-state index contributed by atoms with van der Waals surface area (Å²) in [5, 5.41) is -0.202. The van der Waals surface area contributed by atoms with Gasteiger partial charge >= 0.3 is 192 Å². The third kappa shape index (κ3) is 5.00. The molecule has 174 valence electrons. The van der Waals surface area contributed by atoms with Gasteiger partial charge in [-0.2, -0.15) is 0 Å². The predicted molar refractivity (Wildman–Crippen MR) is 134 cm³/mol. The van der Waals surface area contributed by atoms with E-state index in [-0.39, 0.29) is 17.5 Å². The Hall–Kier alpha value is -1.41. The number of para-hydroxylation sites is 2. The second-order valence-corrected chi connectivity index (χ2v) is 10.1. The third-order valence-electron chi connectivity index (χ3n) is 6.01. The van der Waals surface area contributed by atoms with Crippen molar-refractivity contribution in [1.29, 1.82) is 0 Å². The average Bonchev–Trinajstić information content (AvgIpc) is 3.07. The van der Waals surface area contributed by atoms with Crippen LogP contribution in [0.5, 0.6) is 0 Å². The van der Waals surface area contributed by atoms with E-state index in [1.54, 1.807) is 0 Å². The van der Waals surface area contributed by atoms with E-state index in [0.717, 1.165) is 0 Å². The molecule has 1 aliphatic heterocycles. The van der Waals surface area contributed by atoms with Crippen LogP contribution in [0.25, 0.3) is 0 Å². The van der Waals surface area contributed by atoms with E-state index in [1.165, 1.54) is 33.6 Å². The molecule has 0 fully saturated rings. The monoisotopic (exact) mass is 488 g/mol. The summed E-state index contributed by atoms with van der Waals surface area (Å²) in [4.78, 5) is 4.60. The Kier molecular flexibility index (Phi) is 8.73. The Bertz CT molecular complexity index is 791. The molecular weight excluding hydrogens is 451 g/mol. The first kappa shape index (κ1) is 25.8. The van der Waals surface area contributed by atoms with Gasteiger partial charge in [-0.15, -0.1) is 12.4 Å². The number of hydrogen-bond donors (Lipinski definition) is 0. The summed E-state index contributed by atoms with van der Waals surface area (Å²) in [5.74, 6) is 1.76. The maximum Gasteiger partial charge on any atom is -0.147 e. The average molecular weight is 490 g/mol. The Morgan fingerprint density at radius 2 is 0.839 bits per heavy atom. The first-order valence-corrected chi connectivity index (χ1v) is 11.8. The van der Waals surface area contributed by atoms with E-state index >= 15 is 0 Å². The van der Waals surface area contributed by atoms with Crippen LogP contribution >= 0.6 is 12.4 Å². The van der Waals surface area contributed by atoms with E-state index in [9.17, 15) is 0 Å². The largest absolute Gasteiger partial charge is 0.147 e. The summed E-state index contributed by atoms with van der Waals surface area (Å²) in [6, 6.07) is 13.4. The standard InChI is InChI=1S/C27H37N2.ClH.Cu/c1-18(2)22-11-9-12-23(19(3)4)26(22)28-15-16-29(17-28)27-24(20(5)6)13-10-14-25(27)21(7)8;;/h9-21H,1-8H3;1H;. The zero-order valence-electron chi connectivity index (χ0n) is 20.1. The van der Waals surface area contributed by atoms with E-state index in [2.05, 4.69) is 114 Å². The Balaban J connectivity index is 0.00000341. The summed E-state index contributed by atoms with van der Waals surface area (Å²) in [6.45, 7) is 18.1. The van der Waals surface area contributed by atoms with Crippen molar-refractivity contribution in [3.05, 3.63) is 71.1 Å². The molecule has 2 aromatic rings. The van der Waals surface area contributed by atoms with Crippen LogP contribution in [0.4, 0.5) is 11.4 Å². The summed E-state index contributed by atoms with van der Waals surface area (Å²) in [7, 11) is 0. The van der Waals surface area contributed by atoms with E-state index in [1.807, 2.05) is 0 Å². The van der Waals surface area contributed by atoms with Gasteiger partial charge in [-0.25, -0.2) is 0 Å². The third-order valence-corrected chi connectivity index (χ3v) is 6.53. The molecule has 1 heterocycles. The van der Waals surface area contributed by atoms with Crippen LogP contribution in [-0.2, 0) is 16.0 Å². The molecular formula is C27H38ClCuN2. The van der Waals surface area contributed by atoms with E-state index in [4.69, 9.17) is 16.0 Å². The Labute approximate surface area is 204 Å². The minimum absolute atomic E-state index is 0.